The molecule has 0 saturated carbocycles. The van der Waals surface area contributed by atoms with Crippen LogP contribution in [0.5, 0.6) is 11.5 Å². The molecule has 0 saturated heterocycles. The zero-order valence-electron chi connectivity index (χ0n) is 15.1. The molecule has 0 fully saturated rings. The lowest BCUT2D eigenvalue weighted by atomic mass is 9.92. The molecule has 0 amide bonds. The first-order chi connectivity index (χ1) is 11.5. The van der Waals surface area contributed by atoms with Gasteiger partial charge in [0, 0.05) is 6.54 Å². The third-order valence-electron chi connectivity index (χ3n) is 3.65. The molecule has 2 rings (SSSR count). The minimum atomic E-state index is 0.236. The zero-order chi connectivity index (χ0) is 17.4. The van der Waals surface area contributed by atoms with Crippen LogP contribution in [-0.4, -0.2) is 13.7 Å². The number of ether oxygens (including phenoxy) is 2. The zero-order valence-corrected chi connectivity index (χ0v) is 15.1. The van der Waals surface area contributed by atoms with Crippen molar-refractivity contribution in [1.82, 2.24) is 5.32 Å². The topological polar surface area (TPSA) is 30.5 Å². The summed E-state index contributed by atoms with van der Waals surface area (Å²) in [6.45, 7) is 8.85. The molecule has 1 N–H and O–H groups in total. The molecule has 0 atom stereocenters. The molecule has 0 aliphatic heterocycles. The summed E-state index contributed by atoms with van der Waals surface area (Å²) in [5.41, 5.74) is 2.56. The van der Waals surface area contributed by atoms with E-state index in [1.807, 2.05) is 30.3 Å². The largest absolute Gasteiger partial charge is 0.493 e. The second-order valence-electron chi connectivity index (χ2n) is 6.96. The van der Waals surface area contributed by atoms with Gasteiger partial charge in [0.25, 0.3) is 0 Å². The van der Waals surface area contributed by atoms with Crippen LogP contribution in [0.2, 0.25) is 0 Å². The third-order valence-corrected chi connectivity index (χ3v) is 3.65. The summed E-state index contributed by atoms with van der Waals surface area (Å²) in [5.74, 6) is 1.54. The molecule has 0 aromatic heterocycles. The maximum Gasteiger partial charge on any atom is 0.161 e. The van der Waals surface area contributed by atoms with Crippen LogP contribution in [0.4, 0.5) is 0 Å². The highest BCUT2D eigenvalue weighted by Crippen LogP contribution is 2.29. The minimum absolute atomic E-state index is 0.236. The molecular formula is C21H28NO2. The average Bonchev–Trinajstić information content (AvgIpc) is 2.57. The first-order valence-corrected chi connectivity index (χ1v) is 8.37. The summed E-state index contributed by atoms with van der Waals surface area (Å²) in [4.78, 5) is 0. The number of rotatable bonds is 8. The van der Waals surface area contributed by atoms with E-state index in [1.54, 1.807) is 7.11 Å². The van der Waals surface area contributed by atoms with E-state index in [9.17, 15) is 0 Å². The number of hydrogen-bond donors (Lipinski definition) is 1. The normalized spacial score (nSPS) is 11.3. The molecule has 3 heteroatoms. The van der Waals surface area contributed by atoms with Gasteiger partial charge in [0.15, 0.2) is 11.5 Å². The molecule has 0 bridgehead atoms. The van der Waals surface area contributed by atoms with Crippen molar-refractivity contribution in [2.24, 2.45) is 5.41 Å². The van der Waals surface area contributed by atoms with Crippen molar-refractivity contribution in [2.45, 2.75) is 33.9 Å². The van der Waals surface area contributed by atoms with E-state index in [0.29, 0.717) is 6.61 Å². The summed E-state index contributed by atoms with van der Waals surface area (Å²) in [5, 5.41) is 3.43. The third kappa shape index (κ3) is 6.25. The lowest BCUT2D eigenvalue weighted by Crippen LogP contribution is -2.21. The molecule has 2 aromatic rings. The van der Waals surface area contributed by atoms with Crippen LogP contribution in [0.1, 0.15) is 31.9 Å². The van der Waals surface area contributed by atoms with Crippen molar-refractivity contribution in [3.63, 3.8) is 0 Å². The summed E-state index contributed by atoms with van der Waals surface area (Å²) in [6, 6.07) is 16.2. The summed E-state index contributed by atoms with van der Waals surface area (Å²) >= 11 is 0. The molecular weight excluding hydrogens is 298 g/mol. The van der Waals surface area contributed by atoms with Gasteiger partial charge in [0.1, 0.15) is 6.61 Å². The van der Waals surface area contributed by atoms with Gasteiger partial charge in [0.2, 0.25) is 0 Å². The summed E-state index contributed by atoms with van der Waals surface area (Å²) < 4.78 is 11.4. The van der Waals surface area contributed by atoms with E-state index in [2.05, 4.69) is 50.7 Å². The highest BCUT2D eigenvalue weighted by molar-refractivity contribution is 5.43. The van der Waals surface area contributed by atoms with Crippen LogP contribution in [0.25, 0.3) is 0 Å². The standard InChI is InChI=1S/C21H28NO2/c1-21(2,3)12-13-22-15-18-10-11-19(20(14-18)23-4)24-16-17-8-6-5-7-9-17/h5-12,14,22H,13,15-16H2,1-4H3. The predicted octanol–water partition coefficient (Wildman–Crippen LogP) is 4.61. The van der Waals surface area contributed by atoms with E-state index in [0.717, 1.165) is 30.2 Å². The molecule has 0 aliphatic carbocycles. The summed E-state index contributed by atoms with van der Waals surface area (Å²) in [7, 11) is 1.68. The Labute approximate surface area is 146 Å². The monoisotopic (exact) mass is 326 g/mol. The lowest BCUT2D eigenvalue weighted by molar-refractivity contribution is 0.284. The fraction of sp³-hybridized carbons (Fsp3) is 0.381. The maximum absolute atomic E-state index is 5.89. The predicted molar refractivity (Wildman–Crippen MR) is 99.2 cm³/mol. The molecule has 3 nitrogen and oxygen atoms in total. The molecule has 1 radical (unpaired) electrons. The number of methoxy groups -OCH3 is 1. The van der Waals surface area contributed by atoms with Crippen molar-refractivity contribution in [2.75, 3.05) is 13.7 Å². The van der Waals surface area contributed by atoms with Gasteiger partial charge in [-0.1, -0.05) is 57.2 Å². The van der Waals surface area contributed by atoms with E-state index >= 15 is 0 Å². The van der Waals surface area contributed by atoms with Crippen LogP contribution in [0.15, 0.2) is 48.5 Å². The van der Waals surface area contributed by atoms with Gasteiger partial charge in [-0.15, -0.1) is 0 Å². The minimum Gasteiger partial charge on any atom is -0.493 e. The smallest absolute Gasteiger partial charge is 0.161 e. The lowest BCUT2D eigenvalue weighted by Gasteiger charge is -2.18. The van der Waals surface area contributed by atoms with Crippen LogP contribution < -0.4 is 14.8 Å². The van der Waals surface area contributed by atoms with Gasteiger partial charge < -0.3 is 14.8 Å². The number of hydrogen-bond acceptors (Lipinski definition) is 3. The fourth-order valence-corrected chi connectivity index (χ4v) is 2.27. The van der Waals surface area contributed by atoms with Crippen molar-refractivity contribution in [3.05, 3.63) is 66.1 Å². The average molecular weight is 326 g/mol. The Morgan fingerprint density at radius 3 is 2.38 bits per heavy atom. The van der Waals surface area contributed by atoms with E-state index < -0.39 is 0 Å². The van der Waals surface area contributed by atoms with Crippen LogP contribution >= 0.6 is 0 Å². The van der Waals surface area contributed by atoms with Crippen molar-refractivity contribution >= 4 is 0 Å². The van der Waals surface area contributed by atoms with Gasteiger partial charge in [-0.3, -0.25) is 0 Å². The van der Waals surface area contributed by atoms with Crippen LogP contribution in [0, 0.1) is 11.8 Å². The molecule has 0 heterocycles. The van der Waals surface area contributed by atoms with Gasteiger partial charge in [-0.2, -0.15) is 0 Å². The Bertz CT molecular complexity index is 617. The van der Waals surface area contributed by atoms with E-state index in [-0.39, 0.29) is 5.41 Å². The van der Waals surface area contributed by atoms with Crippen molar-refractivity contribution < 1.29 is 9.47 Å². The Morgan fingerprint density at radius 1 is 0.958 bits per heavy atom. The maximum atomic E-state index is 5.89. The number of benzene rings is 2. The Balaban J connectivity index is 1.90. The van der Waals surface area contributed by atoms with Crippen molar-refractivity contribution in [1.29, 1.82) is 0 Å². The molecule has 129 valence electrons. The molecule has 0 unspecified atom stereocenters. The molecule has 0 spiro atoms. The number of nitrogens with one attached hydrogen (secondary N) is 1. The quantitative estimate of drug-likeness (QED) is 0.718. The van der Waals surface area contributed by atoms with Gasteiger partial charge in [-0.05, 0) is 41.6 Å². The highest BCUT2D eigenvalue weighted by atomic mass is 16.5. The first kappa shape index (κ1) is 18.3. The van der Waals surface area contributed by atoms with Gasteiger partial charge >= 0.3 is 0 Å². The molecule has 2 aromatic carbocycles. The van der Waals surface area contributed by atoms with Gasteiger partial charge in [0.05, 0.1) is 7.11 Å². The Morgan fingerprint density at radius 2 is 1.71 bits per heavy atom. The van der Waals surface area contributed by atoms with E-state index in [1.165, 1.54) is 5.56 Å². The fourth-order valence-electron chi connectivity index (χ4n) is 2.27. The van der Waals surface area contributed by atoms with Gasteiger partial charge in [-0.25, -0.2) is 0 Å². The SMILES string of the molecule is COc1cc(CNC[CH]C(C)(C)C)ccc1OCc1ccccc1. The second-order valence-corrected chi connectivity index (χ2v) is 6.96. The van der Waals surface area contributed by atoms with E-state index in [4.69, 9.17) is 9.47 Å². The van der Waals surface area contributed by atoms with Crippen LogP contribution in [-0.2, 0) is 13.2 Å². The Hall–Kier alpha value is -2.00. The summed E-state index contributed by atoms with van der Waals surface area (Å²) in [6.07, 6.45) is 2.28. The van der Waals surface area contributed by atoms with Crippen molar-refractivity contribution in [3.8, 4) is 11.5 Å². The van der Waals surface area contributed by atoms with Crippen LogP contribution in [0.3, 0.4) is 0 Å². The second kappa shape index (κ2) is 8.74. The Kier molecular flexibility index (Phi) is 6.68. The molecule has 0 aliphatic rings. The highest BCUT2D eigenvalue weighted by Gasteiger charge is 2.10. The first-order valence-electron chi connectivity index (χ1n) is 8.37. The molecule has 24 heavy (non-hydrogen) atoms.